The second-order valence-corrected chi connectivity index (χ2v) is 9.18. The van der Waals surface area contributed by atoms with Crippen molar-refractivity contribution in [1.82, 2.24) is 14.8 Å². The normalized spacial score (nSPS) is 16.4. The first-order valence-electron chi connectivity index (χ1n) is 11.7. The maximum atomic E-state index is 12.9. The average molecular weight is 449 g/mol. The smallest absolute Gasteiger partial charge is 0.262 e. The van der Waals surface area contributed by atoms with Crippen molar-refractivity contribution >= 4 is 12.0 Å². The lowest BCUT2D eigenvalue weighted by atomic mass is 10.0. The number of amides is 1. The summed E-state index contributed by atoms with van der Waals surface area (Å²) >= 11 is 0. The van der Waals surface area contributed by atoms with Gasteiger partial charge in [-0.3, -0.25) is 9.69 Å². The van der Waals surface area contributed by atoms with Crippen LogP contribution in [0.5, 0.6) is 0 Å². The minimum atomic E-state index is -0.288. The molecular formula is C27H36N4O2. The summed E-state index contributed by atoms with van der Waals surface area (Å²) in [4.78, 5) is 15.3. The number of nitrogens with one attached hydrogen (secondary N) is 1. The number of rotatable bonds is 8. The molecule has 2 aromatic rings. The van der Waals surface area contributed by atoms with E-state index in [0.29, 0.717) is 6.61 Å². The lowest BCUT2D eigenvalue weighted by Crippen LogP contribution is -2.44. The Labute approximate surface area is 197 Å². The fourth-order valence-electron chi connectivity index (χ4n) is 4.81. The quantitative estimate of drug-likeness (QED) is 0.483. The summed E-state index contributed by atoms with van der Waals surface area (Å²) in [5, 5.41) is 12.7. The van der Waals surface area contributed by atoms with Crippen molar-refractivity contribution in [3.8, 4) is 6.07 Å². The van der Waals surface area contributed by atoms with Gasteiger partial charge in [-0.25, -0.2) is 0 Å². The molecule has 1 atom stereocenters. The number of aryl methyl sites for hydroxylation is 2. The molecule has 6 heteroatoms. The van der Waals surface area contributed by atoms with Crippen LogP contribution in [0.25, 0.3) is 6.08 Å². The summed E-state index contributed by atoms with van der Waals surface area (Å²) in [6, 6.07) is 13.0. The van der Waals surface area contributed by atoms with Crippen molar-refractivity contribution in [1.29, 1.82) is 5.26 Å². The zero-order valence-electron chi connectivity index (χ0n) is 20.5. The monoisotopic (exact) mass is 448 g/mol. The molecule has 1 fully saturated rings. The number of methoxy groups -OCH3 is 1. The summed E-state index contributed by atoms with van der Waals surface area (Å²) < 4.78 is 7.48. The van der Waals surface area contributed by atoms with Gasteiger partial charge in [-0.05, 0) is 63.8 Å². The van der Waals surface area contributed by atoms with Crippen molar-refractivity contribution < 1.29 is 9.53 Å². The van der Waals surface area contributed by atoms with Gasteiger partial charge in [0.15, 0.2) is 0 Å². The van der Waals surface area contributed by atoms with E-state index in [0.717, 1.165) is 49.4 Å². The highest BCUT2D eigenvalue weighted by molar-refractivity contribution is 6.02. The van der Waals surface area contributed by atoms with Gasteiger partial charge in [-0.1, -0.05) is 29.8 Å². The van der Waals surface area contributed by atoms with Crippen molar-refractivity contribution in [2.45, 2.75) is 59.2 Å². The molecule has 1 N–H and O–H groups in total. The SMILES string of the molecule is COCC(C)n1c(C)cc(/C=C(\C#N)C(=O)NC2CCN(Cc3cccc(C)c3)CC2)c1C. The van der Waals surface area contributed by atoms with E-state index in [1.807, 2.05) is 19.9 Å². The molecule has 3 rings (SSSR count). The van der Waals surface area contributed by atoms with Crippen LogP contribution in [0.1, 0.15) is 53.9 Å². The molecular weight excluding hydrogens is 412 g/mol. The van der Waals surface area contributed by atoms with Crippen molar-refractivity contribution in [2.24, 2.45) is 0 Å². The number of hydrogen-bond acceptors (Lipinski definition) is 4. The third-order valence-electron chi connectivity index (χ3n) is 6.45. The maximum Gasteiger partial charge on any atom is 0.262 e. The fraction of sp³-hybridized carbons (Fsp3) is 0.481. The zero-order chi connectivity index (χ0) is 24.0. The van der Waals surface area contributed by atoms with Gasteiger partial charge < -0.3 is 14.6 Å². The number of piperidine rings is 1. The molecule has 0 radical (unpaired) electrons. The first-order chi connectivity index (χ1) is 15.8. The Hall–Kier alpha value is -2.88. The summed E-state index contributed by atoms with van der Waals surface area (Å²) in [6.45, 7) is 11.7. The number of ether oxygens (including phenoxy) is 1. The summed E-state index contributed by atoms with van der Waals surface area (Å²) in [7, 11) is 1.69. The minimum absolute atomic E-state index is 0.0946. The number of nitriles is 1. The zero-order valence-corrected chi connectivity index (χ0v) is 20.5. The highest BCUT2D eigenvalue weighted by atomic mass is 16.5. The number of nitrogens with zero attached hydrogens (tertiary/aromatic N) is 3. The molecule has 0 aliphatic carbocycles. The number of benzene rings is 1. The van der Waals surface area contributed by atoms with Crippen molar-refractivity contribution in [3.05, 3.63) is 64.0 Å². The standard InChI is InChI=1S/C27H36N4O2/c1-19-7-6-8-23(13-19)17-30-11-9-26(10-12-30)29-27(32)25(16-28)15-24-14-20(2)31(22(24)4)21(3)18-33-5/h6-8,13-15,21,26H,9-12,17-18H2,1-5H3,(H,29,32)/b25-15+. The van der Waals surface area contributed by atoms with Crippen LogP contribution >= 0.6 is 0 Å². The molecule has 33 heavy (non-hydrogen) atoms. The van der Waals surface area contributed by atoms with E-state index in [4.69, 9.17) is 4.74 Å². The average Bonchev–Trinajstić information content (AvgIpc) is 3.06. The van der Waals surface area contributed by atoms with Crippen molar-refractivity contribution in [3.63, 3.8) is 0 Å². The van der Waals surface area contributed by atoms with Gasteiger partial charge in [-0.15, -0.1) is 0 Å². The van der Waals surface area contributed by atoms with Crippen LogP contribution in [-0.4, -0.2) is 48.2 Å². The fourth-order valence-corrected chi connectivity index (χ4v) is 4.81. The summed E-state index contributed by atoms with van der Waals surface area (Å²) in [5.74, 6) is -0.288. The van der Waals surface area contributed by atoms with E-state index in [9.17, 15) is 10.1 Å². The van der Waals surface area contributed by atoms with E-state index >= 15 is 0 Å². The predicted octanol–water partition coefficient (Wildman–Crippen LogP) is 4.31. The Morgan fingerprint density at radius 3 is 2.64 bits per heavy atom. The van der Waals surface area contributed by atoms with Gasteiger partial charge in [0.25, 0.3) is 5.91 Å². The number of aromatic nitrogens is 1. The van der Waals surface area contributed by atoms with E-state index < -0.39 is 0 Å². The van der Waals surface area contributed by atoms with Crippen LogP contribution in [0.4, 0.5) is 0 Å². The lowest BCUT2D eigenvalue weighted by Gasteiger charge is -2.32. The number of hydrogen-bond donors (Lipinski definition) is 1. The van der Waals surface area contributed by atoms with E-state index in [-0.39, 0.29) is 23.6 Å². The minimum Gasteiger partial charge on any atom is -0.383 e. The number of carbonyl (C=O) groups excluding carboxylic acids is 1. The second-order valence-electron chi connectivity index (χ2n) is 9.18. The molecule has 176 valence electrons. The van der Waals surface area contributed by atoms with Gasteiger partial charge in [0.2, 0.25) is 0 Å². The molecule has 6 nitrogen and oxygen atoms in total. The van der Waals surface area contributed by atoms with Gasteiger partial charge in [-0.2, -0.15) is 5.26 Å². The third kappa shape index (κ3) is 6.34. The first kappa shape index (κ1) is 24.8. The van der Waals surface area contributed by atoms with Crippen molar-refractivity contribution in [2.75, 3.05) is 26.8 Å². The Bertz CT molecular complexity index is 1040. The molecule has 1 amide bonds. The van der Waals surface area contributed by atoms with Crippen LogP contribution in [0.2, 0.25) is 0 Å². The maximum absolute atomic E-state index is 12.9. The topological polar surface area (TPSA) is 70.3 Å². The van der Waals surface area contributed by atoms with Crippen LogP contribution in [0.15, 0.2) is 35.9 Å². The molecule has 0 spiro atoms. The molecule has 2 heterocycles. The van der Waals surface area contributed by atoms with Gasteiger partial charge in [0.05, 0.1) is 12.6 Å². The molecule has 1 aliphatic rings. The van der Waals surface area contributed by atoms with E-state index in [1.54, 1.807) is 13.2 Å². The predicted molar refractivity (Wildman–Crippen MR) is 132 cm³/mol. The van der Waals surface area contributed by atoms with E-state index in [1.165, 1.54) is 11.1 Å². The van der Waals surface area contributed by atoms with E-state index in [2.05, 4.69) is 59.0 Å². The van der Waals surface area contributed by atoms with Crippen LogP contribution in [0.3, 0.4) is 0 Å². The highest BCUT2D eigenvalue weighted by Gasteiger charge is 2.23. The highest BCUT2D eigenvalue weighted by Crippen LogP contribution is 2.23. The molecule has 1 unspecified atom stereocenters. The number of carbonyl (C=O) groups is 1. The van der Waals surface area contributed by atoms with Gasteiger partial charge in [0.1, 0.15) is 11.6 Å². The van der Waals surface area contributed by atoms with Crippen LogP contribution in [0, 0.1) is 32.1 Å². The molecule has 1 aromatic carbocycles. The molecule has 1 saturated heterocycles. The van der Waals surface area contributed by atoms with Crippen LogP contribution < -0.4 is 5.32 Å². The Morgan fingerprint density at radius 1 is 1.27 bits per heavy atom. The molecule has 1 aromatic heterocycles. The second kappa shape index (κ2) is 11.3. The first-order valence-corrected chi connectivity index (χ1v) is 11.7. The molecule has 0 bridgehead atoms. The summed E-state index contributed by atoms with van der Waals surface area (Å²) in [5.41, 5.74) is 5.76. The largest absolute Gasteiger partial charge is 0.383 e. The molecule has 1 aliphatic heterocycles. The number of likely N-dealkylation sites (tertiary alicyclic amines) is 1. The Morgan fingerprint density at radius 2 is 2.00 bits per heavy atom. The Balaban J connectivity index is 1.60. The molecule has 0 saturated carbocycles. The summed E-state index contributed by atoms with van der Waals surface area (Å²) in [6.07, 6.45) is 3.49. The third-order valence-corrected chi connectivity index (χ3v) is 6.45. The van der Waals surface area contributed by atoms with Gasteiger partial charge >= 0.3 is 0 Å². The lowest BCUT2D eigenvalue weighted by molar-refractivity contribution is -0.118. The van der Waals surface area contributed by atoms with Crippen LogP contribution in [-0.2, 0) is 16.1 Å². The van der Waals surface area contributed by atoms with Gasteiger partial charge in [0, 0.05) is 44.2 Å². The Kier molecular flexibility index (Phi) is 8.49.